The molecule has 1 aromatic rings. The summed E-state index contributed by atoms with van der Waals surface area (Å²) in [6.07, 6.45) is 0.0908. The maximum atomic E-state index is 11.1. The average molecular weight is 249 g/mol. The van der Waals surface area contributed by atoms with Gasteiger partial charge >= 0.3 is 5.97 Å². The molecule has 0 atom stereocenters. The van der Waals surface area contributed by atoms with Crippen LogP contribution in [0.4, 0.5) is 0 Å². The van der Waals surface area contributed by atoms with Crippen LogP contribution in [0.15, 0.2) is 12.1 Å². The third kappa shape index (κ3) is 3.29. The molecular formula is C10H10Cl2O3. The number of hydrogen-bond acceptors (Lipinski definition) is 3. The molecule has 0 spiro atoms. The van der Waals surface area contributed by atoms with E-state index in [0.717, 1.165) is 0 Å². The van der Waals surface area contributed by atoms with Crippen LogP contribution in [0.5, 0.6) is 5.75 Å². The van der Waals surface area contributed by atoms with Gasteiger partial charge in [0.2, 0.25) is 0 Å². The minimum Gasteiger partial charge on any atom is -0.505 e. The van der Waals surface area contributed by atoms with Gasteiger partial charge in [0.1, 0.15) is 0 Å². The second-order valence-corrected chi connectivity index (χ2v) is 3.70. The third-order valence-corrected chi connectivity index (χ3v) is 2.31. The van der Waals surface area contributed by atoms with Crippen LogP contribution in [-0.4, -0.2) is 17.7 Å². The second-order valence-electron chi connectivity index (χ2n) is 2.89. The van der Waals surface area contributed by atoms with Crippen molar-refractivity contribution in [2.75, 3.05) is 6.61 Å². The number of ether oxygens (including phenoxy) is 1. The fourth-order valence-electron chi connectivity index (χ4n) is 1.10. The number of phenolic OH excluding ortho intramolecular Hbond substituents is 1. The summed E-state index contributed by atoms with van der Waals surface area (Å²) in [7, 11) is 0. The van der Waals surface area contributed by atoms with Crippen LogP contribution in [0.25, 0.3) is 0 Å². The van der Waals surface area contributed by atoms with Gasteiger partial charge in [-0.15, -0.1) is 0 Å². The molecule has 3 nitrogen and oxygen atoms in total. The molecule has 0 aliphatic rings. The number of benzene rings is 1. The van der Waals surface area contributed by atoms with Crippen molar-refractivity contribution in [2.24, 2.45) is 0 Å². The molecule has 0 saturated heterocycles. The molecular weight excluding hydrogens is 239 g/mol. The van der Waals surface area contributed by atoms with Gasteiger partial charge in [-0.2, -0.15) is 0 Å². The van der Waals surface area contributed by atoms with Gasteiger partial charge in [0.15, 0.2) is 5.75 Å². The molecule has 82 valence electrons. The van der Waals surface area contributed by atoms with Crippen LogP contribution in [0.3, 0.4) is 0 Å². The molecule has 15 heavy (non-hydrogen) atoms. The van der Waals surface area contributed by atoms with E-state index in [0.29, 0.717) is 12.2 Å². The molecule has 0 radical (unpaired) electrons. The highest BCUT2D eigenvalue weighted by Crippen LogP contribution is 2.32. The molecule has 0 heterocycles. The first-order chi connectivity index (χ1) is 7.04. The monoisotopic (exact) mass is 248 g/mol. The number of halogens is 2. The van der Waals surface area contributed by atoms with E-state index in [-0.39, 0.29) is 28.2 Å². The topological polar surface area (TPSA) is 46.5 Å². The molecule has 1 aromatic carbocycles. The Morgan fingerprint density at radius 1 is 1.40 bits per heavy atom. The number of carbonyl (C=O) groups is 1. The third-order valence-electron chi connectivity index (χ3n) is 1.73. The highest BCUT2D eigenvalue weighted by atomic mass is 35.5. The number of esters is 1. The van der Waals surface area contributed by atoms with E-state index in [9.17, 15) is 9.90 Å². The number of phenols is 1. The van der Waals surface area contributed by atoms with E-state index < -0.39 is 0 Å². The number of aromatic hydroxyl groups is 1. The molecule has 0 aliphatic heterocycles. The summed E-state index contributed by atoms with van der Waals surface area (Å²) in [5.41, 5.74) is 0.612. The van der Waals surface area contributed by atoms with Crippen LogP contribution in [-0.2, 0) is 16.0 Å². The van der Waals surface area contributed by atoms with Gasteiger partial charge in [-0.25, -0.2) is 0 Å². The quantitative estimate of drug-likeness (QED) is 0.838. The van der Waals surface area contributed by atoms with Gasteiger partial charge < -0.3 is 9.84 Å². The van der Waals surface area contributed by atoms with Crippen molar-refractivity contribution in [3.05, 3.63) is 27.7 Å². The summed E-state index contributed by atoms with van der Waals surface area (Å²) in [4.78, 5) is 11.1. The fraction of sp³-hybridized carbons (Fsp3) is 0.300. The first kappa shape index (κ1) is 12.1. The molecule has 0 amide bonds. The van der Waals surface area contributed by atoms with Crippen LogP contribution >= 0.6 is 23.2 Å². The normalized spacial score (nSPS) is 10.1. The van der Waals surface area contributed by atoms with Crippen molar-refractivity contribution in [1.82, 2.24) is 0 Å². The molecule has 0 saturated carbocycles. The molecule has 0 unspecified atom stereocenters. The molecule has 0 aliphatic carbocycles. The van der Waals surface area contributed by atoms with E-state index in [1.807, 2.05) is 0 Å². The zero-order valence-corrected chi connectivity index (χ0v) is 9.60. The smallest absolute Gasteiger partial charge is 0.310 e. The first-order valence-electron chi connectivity index (χ1n) is 4.37. The fourth-order valence-corrected chi connectivity index (χ4v) is 1.63. The standard InChI is InChI=1S/C10H10Cl2O3/c1-2-15-9(13)5-6-3-7(11)10(14)8(12)4-6/h3-4,14H,2,5H2,1H3. The summed E-state index contributed by atoms with van der Waals surface area (Å²) < 4.78 is 4.77. The lowest BCUT2D eigenvalue weighted by Gasteiger charge is -2.05. The Kier molecular flexibility index (Phi) is 4.24. The van der Waals surface area contributed by atoms with Crippen LogP contribution < -0.4 is 0 Å². The maximum Gasteiger partial charge on any atom is 0.310 e. The van der Waals surface area contributed by atoms with Gasteiger partial charge in [-0.3, -0.25) is 4.79 Å². The summed E-state index contributed by atoms with van der Waals surface area (Å²) in [6, 6.07) is 2.97. The zero-order chi connectivity index (χ0) is 11.4. The van der Waals surface area contributed by atoms with E-state index >= 15 is 0 Å². The van der Waals surface area contributed by atoms with E-state index in [2.05, 4.69) is 0 Å². The second kappa shape index (κ2) is 5.24. The predicted octanol–water partition coefficient (Wildman–Crippen LogP) is 2.80. The molecule has 0 aromatic heterocycles. The summed E-state index contributed by atoms with van der Waals surface area (Å²) in [5.74, 6) is -0.527. The van der Waals surface area contributed by atoms with Gasteiger partial charge in [0, 0.05) is 0 Å². The molecule has 0 bridgehead atoms. The highest BCUT2D eigenvalue weighted by Gasteiger charge is 2.10. The van der Waals surface area contributed by atoms with Crippen molar-refractivity contribution in [2.45, 2.75) is 13.3 Å². The Morgan fingerprint density at radius 3 is 2.40 bits per heavy atom. The highest BCUT2D eigenvalue weighted by molar-refractivity contribution is 6.37. The SMILES string of the molecule is CCOC(=O)Cc1cc(Cl)c(O)c(Cl)c1. The number of carbonyl (C=O) groups excluding carboxylic acids is 1. The number of hydrogen-bond donors (Lipinski definition) is 1. The number of rotatable bonds is 3. The molecule has 1 N–H and O–H groups in total. The van der Waals surface area contributed by atoms with Crippen LogP contribution in [0.2, 0.25) is 10.0 Å². The largest absolute Gasteiger partial charge is 0.505 e. The average Bonchev–Trinajstić information content (AvgIpc) is 2.14. The van der Waals surface area contributed by atoms with Gasteiger partial charge in [0.05, 0.1) is 23.1 Å². The summed E-state index contributed by atoms with van der Waals surface area (Å²) in [5, 5.41) is 9.54. The van der Waals surface area contributed by atoms with Gasteiger partial charge in [-0.05, 0) is 24.6 Å². The van der Waals surface area contributed by atoms with E-state index in [1.54, 1.807) is 6.92 Å². The van der Waals surface area contributed by atoms with Crippen molar-refractivity contribution >= 4 is 29.2 Å². The predicted molar refractivity (Wildman–Crippen MR) is 58.5 cm³/mol. The van der Waals surface area contributed by atoms with E-state index in [1.165, 1.54) is 12.1 Å². The molecule has 5 heteroatoms. The minimum atomic E-state index is -0.352. The molecule has 0 fully saturated rings. The summed E-state index contributed by atoms with van der Waals surface area (Å²) >= 11 is 11.4. The molecule has 1 rings (SSSR count). The zero-order valence-electron chi connectivity index (χ0n) is 8.09. The van der Waals surface area contributed by atoms with Crippen molar-refractivity contribution in [1.29, 1.82) is 0 Å². The lowest BCUT2D eigenvalue weighted by Crippen LogP contribution is -2.07. The Bertz CT molecular complexity index is 354. The van der Waals surface area contributed by atoms with Gasteiger partial charge in [0.25, 0.3) is 0 Å². The lowest BCUT2D eigenvalue weighted by molar-refractivity contribution is -0.142. The van der Waals surface area contributed by atoms with Crippen molar-refractivity contribution in [3.63, 3.8) is 0 Å². The van der Waals surface area contributed by atoms with Crippen LogP contribution in [0.1, 0.15) is 12.5 Å². The van der Waals surface area contributed by atoms with E-state index in [4.69, 9.17) is 27.9 Å². The van der Waals surface area contributed by atoms with Crippen molar-refractivity contribution < 1.29 is 14.6 Å². The Hall–Kier alpha value is -0.930. The lowest BCUT2D eigenvalue weighted by atomic mass is 10.1. The minimum absolute atomic E-state index is 0.0908. The maximum absolute atomic E-state index is 11.1. The van der Waals surface area contributed by atoms with Crippen LogP contribution in [0, 0.1) is 0 Å². The van der Waals surface area contributed by atoms with Crippen molar-refractivity contribution in [3.8, 4) is 5.75 Å². The Labute approximate surface area is 97.6 Å². The first-order valence-corrected chi connectivity index (χ1v) is 5.12. The Balaban J connectivity index is 2.83. The Morgan fingerprint density at radius 2 is 1.93 bits per heavy atom. The van der Waals surface area contributed by atoms with Gasteiger partial charge in [-0.1, -0.05) is 23.2 Å². The summed E-state index contributed by atoms with van der Waals surface area (Å²) in [6.45, 7) is 2.06.